The number of benzene rings is 1. The van der Waals surface area contributed by atoms with E-state index in [9.17, 15) is 9.59 Å². The number of aryl methyl sites for hydroxylation is 1. The third kappa shape index (κ3) is 7.22. The van der Waals surface area contributed by atoms with E-state index in [2.05, 4.69) is 10.5 Å². The summed E-state index contributed by atoms with van der Waals surface area (Å²) in [6, 6.07) is 7.77. The van der Waals surface area contributed by atoms with Crippen LogP contribution in [-0.2, 0) is 9.59 Å². The van der Waals surface area contributed by atoms with E-state index in [4.69, 9.17) is 5.21 Å². The summed E-state index contributed by atoms with van der Waals surface area (Å²) >= 11 is 0. The van der Waals surface area contributed by atoms with Crippen molar-refractivity contribution in [2.45, 2.75) is 39.0 Å². The number of nitrogens with zero attached hydrogens (tertiary/aromatic N) is 1. The molecule has 3 N–H and O–H groups in total. The molecule has 0 aliphatic rings. The minimum Gasteiger partial charge on any atom is -0.289 e. The minimum atomic E-state index is -0.401. The molecule has 1 aromatic rings. The van der Waals surface area contributed by atoms with E-state index >= 15 is 0 Å². The second kappa shape index (κ2) is 9.66. The topological polar surface area (TPSA) is 90.8 Å². The lowest BCUT2D eigenvalue weighted by atomic mass is 10.1. The standard InChI is InChI=1S/C15H21N3O3/c1-12-7-5-6-8-13(12)11-16-17-14(19)9-3-2-4-10-15(20)18-21/h5-8,11,21H,2-4,9-10H2,1H3,(H,17,19)(H,18,20)/b16-11+. The van der Waals surface area contributed by atoms with Crippen molar-refractivity contribution >= 4 is 18.0 Å². The van der Waals surface area contributed by atoms with Gasteiger partial charge in [-0.3, -0.25) is 14.8 Å². The molecular formula is C15H21N3O3. The number of nitrogens with one attached hydrogen (secondary N) is 2. The molecule has 6 heteroatoms. The summed E-state index contributed by atoms with van der Waals surface area (Å²) in [5, 5.41) is 12.2. The first-order chi connectivity index (χ1) is 10.1. The Kier molecular flexibility index (Phi) is 7.74. The molecular weight excluding hydrogens is 270 g/mol. The van der Waals surface area contributed by atoms with E-state index in [1.165, 1.54) is 0 Å². The highest BCUT2D eigenvalue weighted by molar-refractivity contribution is 5.83. The van der Waals surface area contributed by atoms with Gasteiger partial charge in [-0.25, -0.2) is 10.9 Å². The predicted octanol–water partition coefficient (Wildman–Crippen LogP) is 1.90. The van der Waals surface area contributed by atoms with Crippen LogP contribution in [0.4, 0.5) is 0 Å². The summed E-state index contributed by atoms with van der Waals surface area (Å²) in [7, 11) is 0. The number of carbonyl (C=O) groups excluding carboxylic acids is 2. The van der Waals surface area contributed by atoms with E-state index in [0.29, 0.717) is 19.3 Å². The Morgan fingerprint density at radius 1 is 1.14 bits per heavy atom. The summed E-state index contributed by atoms with van der Waals surface area (Å²) in [5.74, 6) is -0.547. The molecule has 0 fully saturated rings. The molecule has 0 atom stereocenters. The number of hydrogen-bond acceptors (Lipinski definition) is 4. The van der Waals surface area contributed by atoms with E-state index in [0.717, 1.165) is 17.5 Å². The van der Waals surface area contributed by atoms with Crippen molar-refractivity contribution in [2.75, 3.05) is 0 Å². The average Bonchev–Trinajstić information content (AvgIpc) is 2.48. The van der Waals surface area contributed by atoms with Gasteiger partial charge in [-0.2, -0.15) is 5.10 Å². The zero-order valence-corrected chi connectivity index (χ0v) is 12.1. The monoisotopic (exact) mass is 291 g/mol. The van der Waals surface area contributed by atoms with Crippen LogP contribution >= 0.6 is 0 Å². The fraction of sp³-hybridized carbons (Fsp3) is 0.400. The zero-order chi connectivity index (χ0) is 15.5. The van der Waals surface area contributed by atoms with Crippen LogP contribution in [0.2, 0.25) is 0 Å². The smallest absolute Gasteiger partial charge is 0.243 e. The first-order valence-electron chi connectivity index (χ1n) is 6.94. The van der Waals surface area contributed by atoms with Crippen LogP contribution in [0.1, 0.15) is 43.2 Å². The van der Waals surface area contributed by atoms with Crippen LogP contribution < -0.4 is 10.9 Å². The molecule has 0 spiro atoms. The Hall–Kier alpha value is -2.21. The molecule has 0 aromatic heterocycles. The van der Waals surface area contributed by atoms with Crippen LogP contribution in [0.15, 0.2) is 29.4 Å². The van der Waals surface area contributed by atoms with Gasteiger partial charge in [0.2, 0.25) is 11.8 Å². The molecule has 6 nitrogen and oxygen atoms in total. The van der Waals surface area contributed by atoms with Crippen LogP contribution in [0.5, 0.6) is 0 Å². The Labute approximate surface area is 124 Å². The normalized spacial score (nSPS) is 10.6. The molecule has 2 amide bonds. The number of carbonyl (C=O) groups is 2. The minimum absolute atomic E-state index is 0.147. The molecule has 0 aliphatic carbocycles. The maximum atomic E-state index is 11.5. The number of hydrogen-bond donors (Lipinski definition) is 3. The zero-order valence-electron chi connectivity index (χ0n) is 12.1. The van der Waals surface area contributed by atoms with Crippen LogP contribution in [0, 0.1) is 6.92 Å². The quantitative estimate of drug-likeness (QED) is 0.296. The average molecular weight is 291 g/mol. The Morgan fingerprint density at radius 2 is 1.81 bits per heavy atom. The largest absolute Gasteiger partial charge is 0.289 e. The number of hydrazone groups is 1. The van der Waals surface area contributed by atoms with Gasteiger partial charge in [0.1, 0.15) is 0 Å². The van der Waals surface area contributed by atoms with Crippen molar-refractivity contribution in [3.8, 4) is 0 Å². The van der Waals surface area contributed by atoms with E-state index in [-0.39, 0.29) is 12.3 Å². The fourth-order valence-electron chi connectivity index (χ4n) is 1.77. The van der Waals surface area contributed by atoms with Crippen molar-refractivity contribution in [1.29, 1.82) is 0 Å². The van der Waals surface area contributed by atoms with E-state index in [1.807, 2.05) is 31.2 Å². The van der Waals surface area contributed by atoms with Crippen LogP contribution in [-0.4, -0.2) is 23.2 Å². The van der Waals surface area contributed by atoms with Gasteiger partial charge in [0, 0.05) is 12.8 Å². The second-order valence-corrected chi connectivity index (χ2v) is 4.75. The number of unbranched alkanes of at least 4 members (excludes halogenated alkanes) is 2. The summed E-state index contributed by atoms with van der Waals surface area (Å²) in [4.78, 5) is 22.3. The highest BCUT2D eigenvalue weighted by atomic mass is 16.5. The van der Waals surface area contributed by atoms with Gasteiger partial charge in [-0.15, -0.1) is 0 Å². The second-order valence-electron chi connectivity index (χ2n) is 4.75. The Morgan fingerprint density at radius 3 is 2.48 bits per heavy atom. The maximum Gasteiger partial charge on any atom is 0.243 e. The first kappa shape index (κ1) is 16.8. The molecule has 0 heterocycles. The SMILES string of the molecule is Cc1ccccc1/C=N/NC(=O)CCCCCC(=O)NO. The van der Waals surface area contributed by atoms with E-state index < -0.39 is 5.91 Å². The van der Waals surface area contributed by atoms with E-state index in [1.54, 1.807) is 11.7 Å². The highest BCUT2D eigenvalue weighted by Gasteiger charge is 2.01. The fourth-order valence-corrected chi connectivity index (χ4v) is 1.77. The molecule has 0 radical (unpaired) electrons. The molecule has 1 rings (SSSR count). The third-order valence-electron chi connectivity index (χ3n) is 3.01. The van der Waals surface area contributed by atoms with Crippen molar-refractivity contribution < 1.29 is 14.8 Å². The van der Waals surface area contributed by atoms with Crippen molar-refractivity contribution in [2.24, 2.45) is 5.10 Å². The maximum absolute atomic E-state index is 11.5. The lowest BCUT2D eigenvalue weighted by molar-refractivity contribution is -0.129. The van der Waals surface area contributed by atoms with Crippen molar-refractivity contribution in [3.05, 3.63) is 35.4 Å². The molecule has 21 heavy (non-hydrogen) atoms. The van der Waals surface area contributed by atoms with Gasteiger partial charge in [-0.05, 0) is 30.9 Å². The first-order valence-corrected chi connectivity index (χ1v) is 6.94. The lowest BCUT2D eigenvalue weighted by Gasteiger charge is -2.01. The van der Waals surface area contributed by atoms with Crippen molar-refractivity contribution in [1.82, 2.24) is 10.9 Å². The summed E-state index contributed by atoms with van der Waals surface area (Å²) in [6.45, 7) is 1.98. The van der Waals surface area contributed by atoms with Crippen molar-refractivity contribution in [3.63, 3.8) is 0 Å². The lowest BCUT2D eigenvalue weighted by Crippen LogP contribution is -2.18. The highest BCUT2D eigenvalue weighted by Crippen LogP contribution is 2.04. The summed E-state index contributed by atoms with van der Waals surface area (Å²) in [6.07, 6.45) is 4.34. The van der Waals surface area contributed by atoms with Crippen LogP contribution in [0.25, 0.3) is 0 Å². The third-order valence-corrected chi connectivity index (χ3v) is 3.01. The van der Waals surface area contributed by atoms with Gasteiger partial charge >= 0.3 is 0 Å². The number of amides is 2. The van der Waals surface area contributed by atoms with Gasteiger partial charge in [0.05, 0.1) is 6.21 Å². The number of rotatable bonds is 8. The van der Waals surface area contributed by atoms with Crippen LogP contribution in [0.3, 0.4) is 0 Å². The summed E-state index contributed by atoms with van der Waals surface area (Å²) in [5.41, 5.74) is 6.12. The molecule has 1 aromatic carbocycles. The number of hydroxylamine groups is 1. The molecule has 0 unspecified atom stereocenters. The predicted molar refractivity (Wildman–Crippen MR) is 79.9 cm³/mol. The Balaban J connectivity index is 2.17. The molecule has 0 saturated carbocycles. The Bertz CT molecular complexity index is 501. The molecule has 0 aliphatic heterocycles. The van der Waals surface area contributed by atoms with Gasteiger partial charge in [0.25, 0.3) is 0 Å². The van der Waals surface area contributed by atoms with Gasteiger partial charge < -0.3 is 0 Å². The van der Waals surface area contributed by atoms with Gasteiger partial charge in [-0.1, -0.05) is 30.7 Å². The molecule has 0 bridgehead atoms. The summed E-state index contributed by atoms with van der Waals surface area (Å²) < 4.78 is 0. The molecule has 0 saturated heterocycles. The van der Waals surface area contributed by atoms with Gasteiger partial charge in [0.15, 0.2) is 0 Å². The molecule has 114 valence electrons.